The van der Waals surface area contributed by atoms with Gasteiger partial charge in [0.25, 0.3) is 0 Å². The molecule has 0 radical (unpaired) electrons. The normalized spacial score (nSPS) is 11.2. The van der Waals surface area contributed by atoms with E-state index in [1.165, 1.54) is 18.2 Å². The fourth-order valence-electron chi connectivity index (χ4n) is 2.09. The number of halogens is 1. The summed E-state index contributed by atoms with van der Waals surface area (Å²) >= 11 is 0. The number of carbonyl (C=O) groups is 1. The molecule has 0 saturated heterocycles. The van der Waals surface area contributed by atoms with Crippen LogP contribution in [0, 0.1) is 5.82 Å². The molecule has 0 aliphatic carbocycles. The van der Waals surface area contributed by atoms with E-state index in [-0.39, 0.29) is 17.5 Å². The lowest BCUT2D eigenvalue weighted by Crippen LogP contribution is -2.11. The monoisotopic (exact) mass is 329 g/mol. The Morgan fingerprint density at radius 3 is 2.50 bits per heavy atom. The van der Waals surface area contributed by atoms with Crippen LogP contribution in [0.1, 0.15) is 32.3 Å². The Hall–Kier alpha value is -2.89. The number of hydrogen-bond donors (Lipinski definition) is 3. The van der Waals surface area contributed by atoms with E-state index in [0.717, 1.165) is 6.42 Å². The highest BCUT2D eigenvalue weighted by molar-refractivity contribution is 6.03. The van der Waals surface area contributed by atoms with E-state index in [4.69, 9.17) is 0 Å². The molecule has 0 aliphatic heterocycles. The molecule has 126 valence electrons. The van der Waals surface area contributed by atoms with Crippen molar-refractivity contribution >= 4 is 23.0 Å². The average molecular weight is 329 g/mol. The van der Waals surface area contributed by atoms with Crippen LogP contribution in [0.2, 0.25) is 0 Å². The second kappa shape index (κ2) is 8.10. The molecule has 3 N–H and O–H groups in total. The number of hydrogen-bond acceptors (Lipinski definition) is 4. The number of rotatable bonds is 6. The molecule has 2 aromatic rings. The Labute approximate surface area is 140 Å². The second-order valence-corrected chi connectivity index (χ2v) is 5.35. The summed E-state index contributed by atoms with van der Waals surface area (Å²) in [5.74, 6) is -0.340. The van der Waals surface area contributed by atoms with Gasteiger partial charge in [0.15, 0.2) is 0 Å². The molecule has 0 atom stereocenters. The van der Waals surface area contributed by atoms with Gasteiger partial charge in [0, 0.05) is 17.7 Å². The van der Waals surface area contributed by atoms with E-state index in [1.807, 2.05) is 6.92 Å². The first-order chi connectivity index (χ1) is 11.5. The largest absolute Gasteiger partial charge is 0.507 e. The zero-order valence-electron chi connectivity index (χ0n) is 13.6. The second-order valence-electron chi connectivity index (χ2n) is 5.35. The van der Waals surface area contributed by atoms with Crippen LogP contribution >= 0.6 is 0 Å². The van der Waals surface area contributed by atoms with Crippen molar-refractivity contribution in [2.24, 2.45) is 5.10 Å². The van der Waals surface area contributed by atoms with E-state index in [2.05, 4.69) is 15.8 Å². The fraction of sp³-hybridized carbons (Fsp3) is 0.222. The third kappa shape index (κ3) is 4.81. The molecule has 0 aromatic heterocycles. The van der Waals surface area contributed by atoms with Crippen molar-refractivity contribution in [3.05, 3.63) is 53.8 Å². The van der Waals surface area contributed by atoms with Gasteiger partial charge in [0.1, 0.15) is 11.6 Å². The summed E-state index contributed by atoms with van der Waals surface area (Å²) in [5, 5.41) is 17.0. The Bertz CT molecular complexity index is 742. The zero-order chi connectivity index (χ0) is 17.5. The molecule has 0 saturated carbocycles. The number of amides is 1. The number of anilines is 2. The molecule has 0 bridgehead atoms. The summed E-state index contributed by atoms with van der Waals surface area (Å²) < 4.78 is 12.9. The topological polar surface area (TPSA) is 73.7 Å². The van der Waals surface area contributed by atoms with Gasteiger partial charge >= 0.3 is 0 Å². The minimum absolute atomic E-state index is 0.0608. The Balaban J connectivity index is 2.15. The first kappa shape index (κ1) is 17.5. The third-order valence-electron chi connectivity index (χ3n) is 3.34. The van der Waals surface area contributed by atoms with Crippen LogP contribution in [0.15, 0.2) is 47.6 Å². The molecule has 0 spiro atoms. The Morgan fingerprint density at radius 2 is 1.83 bits per heavy atom. The van der Waals surface area contributed by atoms with E-state index in [9.17, 15) is 14.3 Å². The highest BCUT2D eigenvalue weighted by Crippen LogP contribution is 2.23. The van der Waals surface area contributed by atoms with Gasteiger partial charge in [-0.05, 0) is 55.8 Å². The van der Waals surface area contributed by atoms with E-state index < -0.39 is 0 Å². The summed E-state index contributed by atoms with van der Waals surface area (Å²) in [6, 6.07) is 10.6. The predicted molar refractivity (Wildman–Crippen MR) is 93.9 cm³/mol. The van der Waals surface area contributed by atoms with Crippen molar-refractivity contribution in [3.8, 4) is 5.75 Å². The molecule has 2 rings (SSSR count). The predicted octanol–water partition coefficient (Wildman–Crippen LogP) is 4.11. The van der Waals surface area contributed by atoms with Gasteiger partial charge < -0.3 is 10.4 Å². The highest BCUT2D eigenvalue weighted by atomic mass is 19.1. The van der Waals surface area contributed by atoms with E-state index in [1.54, 1.807) is 31.2 Å². The number of aromatic hydroxyl groups is 1. The van der Waals surface area contributed by atoms with Gasteiger partial charge in [-0.3, -0.25) is 10.2 Å². The van der Waals surface area contributed by atoms with Crippen LogP contribution in [0.5, 0.6) is 5.75 Å². The summed E-state index contributed by atoms with van der Waals surface area (Å²) in [7, 11) is 0. The zero-order valence-corrected chi connectivity index (χ0v) is 13.6. The number of nitrogens with zero attached hydrogens (tertiary/aromatic N) is 1. The fourth-order valence-corrected chi connectivity index (χ4v) is 2.09. The SMILES string of the molecule is CCCC(=O)Nc1ccc(O)c(/C(C)=N/Nc2ccc(F)cc2)c1. The maximum Gasteiger partial charge on any atom is 0.224 e. The molecular formula is C18H20FN3O2. The maximum absolute atomic E-state index is 12.9. The summed E-state index contributed by atoms with van der Waals surface area (Å²) in [6.45, 7) is 3.66. The minimum atomic E-state index is -0.325. The van der Waals surface area contributed by atoms with Gasteiger partial charge in [0.05, 0.1) is 11.4 Å². The number of nitrogens with one attached hydrogen (secondary N) is 2. The van der Waals surface area contributed by atoms with Crippen LogP contribution < -0.4 is 10.7 Å². The lowest BCUT2D eigenvalue weighted by atomic mass is 10.1. The first-order valence-electron chi connectivity index (χ1n) is 7.68. The number of phenolic OH excluding ortho intramolecular Hbond substituents is 1. The van der Waals surface area contributed by atoms with Crippen LogP contribution in [0.4, 0.5) is 15.8 Å². The lowest BCUT2D eigenvalue weighted by Gasteiger charge is -2.09. The molecule has 2 aromatic carbocycles. The van der Waals surface area contributed by atoms with Crippen LogP contribution in [-0.2, 0) is 4.79 Å². The quantitative estimate of drug-likeness (QED) is 0.424. The Kier molecular flexibility index (Phi) is 5.89. The molecule has 0 aliphatic rings. The highest BCUT2D eigenvalue weighted by Gasteiger charge is 2.08. The van der Waals surface area contributed by atoms with Crippen molar-refractivity contribution in [2.75, 3.05) is 10.7 Å². The summed E-state index contributed by atoms with van der Waals surface area (Å²) in [4.78, 5) is 11.7. The average Bonchev–Trinajstić information content (AvgIpc) is 2.56. The van der Waals surface area contributed by atoms with E-state index >= 15 is 0 Å². The van der Waals surface area contributed by atoms with Crippen molar-refractivity contribution in [1.29, 1.82) is 0 Å². The molecule has 0 heterocycles. The molecule has 24 heavy (non-hydrogen) atoms. The van der Waals surface area contributed by atoms with Crippen molar-refractivity contribution in [2.45, 2.75) is 26.7 Å². The molecular weight excluding hydrogens is 309 g/mol. The smallest absolute Gasteiger partial charge is 0.224 e. The molecule has 0 unspecified atom stereocenters. The van der Waals surface area contributed by atoms with Crippen LogP contribution in [0.25, 0.3) is 0 Å². The van der Waals surface area contributed by atoms with Gasteiger partial charge in [-0.2, -0.15) is 5.10 Å². The van der Waals surface area contributed by atoms with Gasteiger partial charge in [0.2, 0.25) is 5.91 Å². The van der Waals surface area contributed by atoms with Crippen LogP contribution in [0.3, 0.4) is 0 Å². The van der Waals surface area contributed by atoms with Gasteiger partial charge in [-0.25, -0.2) is 4.39 Å². The van der Waals surface area contributed by atoms with E-state index in [0.29, 0.717) is 29.1 Å². The first-order valence-corrected chi connectivity index (χ1v) is 7.68. The van der Waals surface area contributed by atoms with Gasteiger partial charge in [-0.15, -0.1) is 0 Å². The Morgan fingerprint density at radius 1 is 1.17 bits per heavy atom. The maximum atomic E-state index is 12.9. The standard InChI is InChI=1S/C18H20FN3O2/c1-3-4-18(24)20-15-9-10-17(23)16(11-15)12(2)21-22-14-7-5-13(19)6-8-14/h5-11,22-23H,3-4H2,1-2H3,(H,20,24)/b21-12+. The summed E-state index contributed by atoms with van der Waals surface area (Å²) in [6.07, 6.45) is 1.20. The number of carbonyl (C=O) groups excluding carboxylic acids is 1. The molecule has 5 nitrogen and oxygen atoms in total. The van der Waals surface area contributed by atoms with Crippen molar-refractivity contribution in [3.63, 3.8) is 0 Å². The lowest BCUT2D eigenvalue weighted by molar-refractivity contribution is -0.116. The number of hydrazone groups is 1. The van der Waals surface area contributed by atoms with Crippen molar-refractivity contribution < 1.29 is 14.3 Å². The molecule has 0 fully saturated rings. The summed E-state index contributed by atoms with van der Waals surface area (Å²) in [5.41, 5.74) is 5.05. The minimum Gasteiger partial charge on any atom is -0.507 e. The molecule has 1 amide bonds. The van der Waals surface area contributed by atoms with Crippen molar-refractivity contribution in [1.82, 2.24) is 0 Å². The number of phenols is 1. The third-order valence-corrected chi connectivity index (χ3v) is 3.34. The van der Waals surface area contributed by atoms with Crippen LogP contribution in [-0.4, -0.2) is 16.7 Å². The van der Waals surface area contributed by atoms with Gasteiger partial charge in [-0.1, -0.05) is 6.92 Å². The number of benzene rings is 2. The molecule has 6 heteroatoms.